The van der Waals surface area contributed by atoms with Gasteiger partial charge in [0, 0.05) is 26.3 Å². The molecule has 0 fully saturated rings. The van der Waals surface area contributed by atoms with E-state index in [1.807, 2.05) is 43.3 Å². The molecule has 0 saturated heterocycles. The minimum atomic E-state index is -3.35. The van der Waals surface area contributed by atoms with Gasteiger partial charge in [-0.2, -0.15) is 0 Å². The Labute approximate surface area is 144 Å². The Hall–Kier alpha value is -2.05. The summed E-state index contributed by atoms with van der Waals surface area (Å²) >= 11 is 0. The van der Waals surface area contributed by atoms with Gasteiger partial charge in [0.15, 0.2) is 0 Å². The van der Waals surface area contributed by atoms with E-state index in [4.69, 9.17) is 4.74 Å². The van der Waals surface area contributed by atoms with E-state index in [1.54, 1.807) is 31.4 Å². The van der Waals surface area contributed by atoms with E-state index in [-0.39, 0.29) is 5.75 Å². The fraction of sp³-hybridized carbons (Fsp3) is 0.333. The van der Waals surface area contributed by atoms with Crippen molar-refractivity contribution in [3.8, 4) is 5.75 Å². The number of benzene rings is 2. The van der Waals surface area contributed by atoms with Crippen molar-refractivity contribution in [2.75, 3.05) is 32.6 Å². The van der Waals surface area contributed by atoms with Gasteiger partial charge in [0.1, 0.15) is 5.75 Å². The summed E-state index contributed by atoms with van der Waals surface area (Å²) in [4.78, 5) is 2.03. The van der Waals surface area contributed by atoms with Gasteiger partial charge in [-0.05, 0) is 41.8 Å². The van der Waals surface area contributed by atoms with Gasteiger partial charge in [-0.25, -0.2) is 13.1 Å². The molecule has 0 aromatic heterocycles. The third-order valence-electron chi connectivity index (χ3n) is 3.70. The lowest BCUT2D eigenvalue weighted by Crippen LogP contribution is -2.27. The van der Waals surface area contributed by atoms with Gasteiger partial charge in [-0.3, -0.25) is 0 Å². The largest absolute Gasteiger partial charge is 0.497 e. The topological polar surface area (TPSA) is 58.6 Å². The lowest BCUT2D eigenvalue weighted by Gasteiger charge is -2.13. The Morgan fingerprint density at radius 2 is 1.54 bits per heavy atom. The molecule has 5 nitrogen and oxygen atoms in total. The number of methoxy groups -OCH3 is 1. The molecule has 6 heteroatoms. The average molecular weight is 348 g/mol. The van der Waals surface area contributed by atoms with Crippen LogP contribution in [0, 0.1) is 0 Å². The SMILES string of the molecule is COc1ccc(CS(=O)(=O)NCCc2ccc(N(C)C)cc2)cc1. The first-order valence-electron chi connectivity index (χ1n) is 7.76. The van der Waals surface area contributed by atoms with Crippen molar-refractivity contribution in [1.29, 1.82) is 0 Å². The number of hydrogen-bond donors (Lipinski definition) is 1. The molecular weight excluding hydrogens is 324 g/mol. The highest BCUT2D eigenvalue weighted by atomic mass is 32.2. The molecule has 0 aliphatic rings. The van der Waals surface area contributed by atoms with Crippen LogP contribution in [0.25, 0.3) is 0 Å². The molecule has 0 radical (unpaired) electrons. The van der Waals surface area contributed by atoms with Gasteiger partial charge in [-0.1, -0.05) is 24.3 Å². The first-order valence-corrected chi connectivity index (χ1v) is 9.41. The van der Waals surface area contributed by atoms with Crippen LogP contribution >= 0.6 is 0 Å². The van der Waals surface area contributed by atoms with Crippen molar-refractivity contribution in [2.24, 2.45) is 0 Å². The van der Waals surface area contributed by atoms with Gasteiger partial charge in [0.2, 0.25) is 10.0 Å². The van der Waals surface area contributed by atoms with Gasteiger partial charge >= 0.3 is 0 Å². The number of nitrogens with one attached hydrogen (secondary N) is 1. The number of ether oxygens (including phenoxy) is 1. The average Bonchev–Trinajstić information content (AvgIpc) is 2.55. The van der Waals surface area contributed by atoms with Crippen molar-refractivity contribution in [3.63, 3.8) is 0 Å². The predicted molar refractivity (Wildman–Crippen MR) is 98.1 cm³/mol. The third-order valence-corrected chi connectivity index (χ3v) is 5.06. The Balaban J connectivity index is 1.85. The number of anilines is 1. The zero-order valence-corrected chi connectivity index (χ0v) is 15.1. The predicted octanol–water partition coefficient (Wildman–Crippen LogP) is 2.42. The molecule has 0 spiro atoms. The summed E-state index contributed by atoms with van der Waals surface area (Å²) in [5.41, 5.74) is 2.96. The molecule has 0 bridgehead atoms. The highest BCUT2D eigenvalue weighted by Gasteiger charge is 2.11. The van der Waals surface area contributed by atoms with Crippen LogP contribution in [0.5, 0.6) is 5.75 Å². The molecule has 2 aromatic carbocycles. The van der Waals surface area contributed by atoms with Crippen LogP contribution in [0.3, 0.4) is 0 Å². The molecule has 0 aliphatic heterocycles. The molecule has 0 aliphatic carbocycles. The summed E-state index contributed by atoms with van der Waals surface area (Å²) in [6.45, 7) is 0.389. The highest BCUT2D eigenvalue weighted by molar-refractivity contribution is 7.88. The second kappa shape index (κ2) is 8.17. The number of hydrogen-bond acceptors (Lipinski definition) is 4. The summed E-state index contributed by atoms with van der Waals surface area (Å²) < 4.78 is 32.0. The molecule has 2 rings (SSSR count). The van der Waals surface area contributed by atoms with Crippen molar-refractivity contribution >= 4 is 15.7 Å². The first-order chi connectivity index (χ1) is 11.4. The van der Waals surface area contributed by atoms with E-state index < -0.39 is 10.0 Å². The van der Waals surface area contributed by atoms with Crippen LogP contribution in [-0.2, 0) is 22.2 Å². The summed E-state index contributed by atoms with van der Waals surface area (Å²) in [5.74, 6) is 0.682. The van der Waals surface area contributed by atoms with E-state index in [9.17, 15) is 8.42 Å². The molecule has 0 amide bonds. The maximum Gasteiger partial charge on any atom is 0.215 e. The second-order valence-corrected chi connectivity index (χ2v) is 7.62. The van der Waals surface area contributed by atoms with E-state index in [0.717, 1.165) is 16.8 Å². The third kappa shape index (κ3) is 5.54. The summed E-state index contributed by atoms with van der Waals surface area (Å²) in [5, 5.41) is 0. The number of sulfonamides is 1. The van der Waals surface area contributed by atoms with Crippen LogP contribution in [0.2, 0.25) is 0 Å². The minimum absolute atomic E-state index is 0.0312. The van der Waals surface area contributed by atoms with Crippen molar-refractivity contribution in [2.45, 2.75) is 12.2 Å². The van der Waals surface area contributed by atoms with Crippen molar-refractivity contribution in [1.82, 2.24) is 4.72 Å². The minimum Gasteiger partial charge on any atom is -0.497 e. The molecule has 130 valence electrons. The highest BCUT2D eigenvalue weighted by Crippen LogP contribution is 2.14. The summed E-state index contributed by atoms with van der Waals surface area (Å²) in [6, 6.07) is 15.1. The lowest BCUT2D eigenvalue weighted by atomic mass is 10.1. The van der Waals surface area contributed by atoms with Gasteiger partial charge in [0.25, 0.3) is 0 Å². The molecule has 0 heterocycles. The second-order valence-electron chi connectivity index (χ2n) is 5.81. The monoisotopic (exact) mass is 348 g/mol. The van der Waals surface area contributed by atoms with Crippen LogP contribution in [-0.4, -0.2) is 36.2 Å². The Kier molecular flexibility index (Phi) is 6.23. The van der Waals surface area contributed by atoms with Gasteiger partial charge < -0.3 is 9.64 Å². The number of nitrogens with zero attached hydrogens (tertiary/aromatic N) is 1. The van der Waals surface area contributed by atoms with E-state index in [0.29, 0.717) is 18.7 Å². The van der Waals surface area contributed by atoms with Crippen LogP contribution in [0.1, 0.15) is 11.1 Å². The van der Waals surface area contributed by atoms with Crippen molar-refractivity contribution < 1.29 is 13.2 Å². The van der Waals surface area contributed by atoms with E-state index in [2.05, 4.69) is 4.72 Å². The van der Waals surface area contributed by atoms with Crippen molar-refractivity contribution in [3.05, 3.63) is 59.7 Å². The fourth-order valence-corrected chi connectivity index (χ4v) is 3.45. The standard InChI is InChI=1S/C18H24N2O3S/c1-20(2)17-8-4-15(5-9-17)12-13-19-24(21,22)14-16-6-10-18(23-3)11-7-16/h4-11,19H,12-14H2,1-3H3. The van der Waals surface area contributed by atoms with Gasteiger partial charge in [-0.15, -0.1) is 0 Å². The van der Waals surface area contributed by atoms with E-state index in [1.165, 1.54) is 0 Å². The van der Waals surface area contributed by atoms with Crippen LogP contribution < -0.4 is 14.4 Å². The molecule has 0 saturated carbocycles. The molecule has 0 atom stereocenters. The maximum atomic E-state index is 12.1. The fourth-order valence-electron chi connectivity index (χ4n) is 2.30. The van der Waals surface area contributed by atoms with Crippen LogP contribution in [0.4, 0.5) is 5.69 Å². The van der Waals surface area contributed by atoms with E-state index >= 15 is 0 Å². The van der Waals surface area contributed by atoms with Crippen LogP contribution in [0.15, 0.2) is 48.5 Å². The molecular formula is C18H24N2O3S. The maximum absolute atomic E-state index is 12.1. The molecule has 24 heavy (non-hydrogen) atoms. The molecule has 0 unspecified atom stereocenters. The van der Waals surface area contributed by atoms with Gasteiger partial charge in [0.05, 0.1) is 12.9 Å². The number of rotatable bonds is 8. The zero-order chi connectivity index (χ0) is 17.6. The lowest BCUT2D eigenvalue weighted by molar-refractivity contribution is 0.414. The summed E-state index contributed by atoms with van der Waals surface area (Å²) in [7, 11) is 2.21. The molecule has 1 N–H and O–H groups in total. The zero-order valence-electron chi connectivity index (χ0n) is 14.3. The molecule has 2 aromatic rings. The Morgan fingerprint density at radius 1 is 0.958 bits per heavy atom. The normalized spacial score (nSPS) is 11.3. The smallest absolute Gasteiger partial charge is 0.215 e. The summed E-state index contributed by atoms with van der Waals surface area (Å²) in [6.07, 6.45) is 0.662. The first kappa shape index (κ1) is 18.3. The quantitative estimate of drug-likeness (QED) is 0.796. The Morgan fingerprint density at radius 3 is 2.08 bits per heavy atom. The Bertz CT molecular complexity index is 739.